The Balaban J connectivity index is 1.68. The summed E-state index contributed by atoms with van der Waals surface area (Å²) in [6.07, 6.45) is 5.18. The molecular formula is C21H24N4O3. The van der Waals surface area contributed by atoms with Crippen LogP contribution >= 0.6 is 0 Å². The van der Waals surface area contributed by atoms with E-state index in [4.69, 9.17) is 15.2 Å². The highest BCUT2D eigenvalue weighted by molar-refractivity contribution is 5.68. The van der Waals surface area contributed by atoms with Crippen LogP contribution in [0.3, 0.4) is 0 Å². The van der Waals surface area contributed by atoms with Crippen LogP contribution in [-0.2, 0) is 4.74 Å². The summed E-state index contributed by atoms with van der Waals surface area (Å²) in [5, 5.41) is 0. The second kappa shape index (κ2) is 8.17. The van der Waals surface area contributed by atoms with Gasteiger partial charge in [-0.05, 0) is 44.9 Å². The topological polar surface area (TPSA) is 90.6 Å². The van der Waals surface area contributed by atoms with E-state index in [9.17, 15) is 4.79 Å². The summed E-state index contributed by atoms with van der Waals surface area (Å²) in [7, 11) is 0. The molecule has 7 heteroatoms. The molecule has 2 aromatic rings. The molecule has 28 heavy (non-hydrogen) atoms. The molecule has 1 fully saturated rings. The molecule has 1 aliphatic heterocycles. The number of carbonyl (C=O) groups excluding carboxylic acids is 1. The molecule has 7 nitrogen and oxygen atoms in total. The van der Waals surface area contributed by atoms with E-state index in [0.29, 0.717) is 42.2 Å². The fourth-order valence-corrected chi connectivity index (χ4v) is 2.72. The van der Waals surface area contributed by atoms with Crippen molar-refractivity contribution in [3.05, 3.63) is 48.0 Å². The number of anilines is 1. The monoisotopic (exact) mass is 380 g/mol. The standard InChI is InChI=1S/C21H24N4O3/c1-21(2,3)28-20(26)25-12-9-16(14-25)27-19-13-23-11-8-15(19)6-7-18-17(22)5-4-10-24-18/h4-5,8,10-11,13,16H,9,12,14,22H2,1-3H3. The van der Waals surface area contributed by atoms with Crippen molar-refractivity contribution in [1.29, 1.82) is 0 Å². The molecule has 3 heterocycles. The maximum atomic E-state index is 12.2. The lowest BCUT2D eigenvalue weighted by Gasteiger charge is -2.24. The Kier molecular flexibility index (Phi) is 5.69. The molecule has 0 saturated carbocycles. The van der Waals surface area contributed by atoms with Gasteiger partial charge in [-0.1, -0.05) is 5.92 Å². The van der Waals surface area contributed by atoms with E-state index in [0.717, 1.165) is 0 Å². The lowest BCUT2D eigenvalue weighted by Crippen LogP contribution is -2.36. The Bertz CT molecular complexity index is 912. The molecule has 1 amide bonds. The van der Waals surface area contributed by atoms with Crippen LogP contribution in [-0.4, -0.2) is 45.8 Å². The second-order valence-electron chi connectivity index (χ2n) is 7.52. The molecular weight excluding hydrogens is 356 g/mol. The molecule has 0 aromatic carbocycles. The zero-order valence-electron chi connectivity index (χ0n) is 16.3. The van der Waals surface area contributed by atoms with Gasteiger partial charge in [0.1, 0.15) is 17.4 Å². The minimum atomic E-state index is -0.518. The largest absolute Gasteiger partial charge is 0.486 e. The lowest BCUT2D eigenvalue weighted by molar-refractivity contribution is 0.0275. The van der Waals surface area contributed by atoms with Crippen LogP contribution < -0.4 is 10.5 Å². The molecule has 1 unspecified atom stereocenters. The average molecular weight is 380 g/mol. The molecule has 0 radical (unpaired) electrons. The smallest absolute Gasteiger partial charge is 0.410 e. The van der Waals surface area contributed by atoms with Crippen LogP contribution in [0.1, 0.15) is 38.4 Å². The van der Waals surface area contributed by atoms with Crippen LogP contribution in [0.5, 0.6) is 5.75 Å². The molecule has 1 saturated heterocycles. The number of amides is 1. The van der Waals surface area contributed by atoms with Crippen molar-refractivity contribution in [2.45, 2.75) is 38.9 Å². The number of likely N-dealkylation sites (tertiary alicyclic amines) is 1. The van der Waals surface area contributed by atoms with E-state index < -0.39 is 5.60 Å². The van der Waals surface area contributed by atoms with E-state index in [-0.39, 0.29) is 12.2 Å². The first kappa shape index (κ1) is 19.5. The highest BCUT2D eigenvalue weighted by Gasteiger charge is 2.31. The SMILES string of the molecule is CC(C)(C)OC(=O)N1CCC(Oc2cnccc2C#Cc2ncccc2N)C1. The van der Waals surface area contributed by atoms with Crippen molar-refractivity contribution >= 4 is 11.8 Å². The summed E-state index contributed by atoms with van der Waals surface area (Å²) >= 11 is 0. The van der Waals surface area contributed by atoms with Crippen LogP contribution in [0.2, 0.25) is 0 Å². The summed E-state index contributed by atoms with van der Waals surface area (Å²) in [6.45, 7) is 6.60. The Hall–Kier alpha value is -3.27. The third-order valence-electron chi connectivity index (χ3n) is 4.03. The van der Waals surface area contributed by atoms with Crippen molar-refractivity contribution < 1.29 is 14.3 Å². The Morgan fingerprint density at radius 3 is 2.86 bits per heavy atom. The zero-order chi connectivity index (χ0) is 20.1. The predicted octanol–water partition coefficient (Wildman–Crippen LogP) is 2.85. The van der Waals surface area contributed by atoms with Crippen LogP contribution in [0.15, 0.2) is 36.8 Å². The number of pyridine rings is 2. The van der Waals surface area contributed by atoms with E-state index in [1.807, 2.05) is 20.8 Å². The quantitative estimate of drug-likeness (QED) is 0.806. The van der Waals surface area contributed by atoms with Crippen molar-refractivity contribution in [3.8, 4) is 17.6 Å². The number of ether oxygens (including phenoxy) is 2. The average Bonchev–Trinajstić information content (AvgIpc) is 3.09. The maximum Gasteiger partial charge on any atom is 0.410 e. The maximum absolute atomic E-state index is 12.2. The number of nitrogens with zero attached hydrogens (tertiary/aromatic N) is 3. The molecule has 0 spiro atoms. The summed E-state index contributed by atoms with van der Waals surface area (Å²) in [5.41, 5.74) is 7.10. The van der Waals surface area contributed by atoms with Crippen molar-refractivity contribution in [2.24, 2.45) is 0 Å². The fourth-order valence-electron chi connectivity index (χ4n) is 2.72. The molecule has 1 atom stereocenters. The number of carbonyl (C=O) groups is 1. The van der Waals surface area contributed by atoms with Crippen LogP contribution in [0.25, 0.3) is 0 Å². The number of aromatic nitrogens is 2. The van der Waals surface area contributed by atoms with Crippen molar-refractivity contribution in [1.82, 2.24) is 14.9 Å². The molecule has 146 valence electrons. The van der Waals surface area contributed by atoms with Gasteiger partial charge < -0.3 is 20.1 Å². The van der Waals surface area contributed by atoms with E-state index in [1.165, 1.54) is 0 Å². The van der Waals surface area contributed by atoms with Gasteiger partial charge in [0.25, 0.3) is 0 Å². The number of hydrogen-bond donors (Lipinski definition) is 1. The number of hydrogen-bond acceptors (Lipinski definition) is 6. The number of rotatable bonds is 2. The van der Waals surface area contributed by atoms with Gasteiger partial charge in [-0.15, -0.1) is 0 Å². The fraction of sp³-hybridized carbons (Fsp3) is 0.381. The Morgan fingerprint density at radius 2 is 2.11 bits per heavy atom. The second-order valence-corrected chi connectivity index (χ2v) is 7.52. The van der Waals surface area contributed by atoms with Gasteiger partial charge in [0.2, 0.25) is 0 Å². The third-order valence-corrected chi connectivity index (χ3v) is 4.03. The molecule has 0 aliphatic carbocycles. The number of nitrogen functional groups attached to an aromatic ring is 1. The molecule has 1 aliphatic rings. The minimum absolute atomic E-state index is 0.141. The first-order valence-electron chi connectivity index (χ1n) is 9.13. The van der Waals surface area contributed by atoms with Crippen LogP contribution in [0.4, 0.5) is 10.5 Å². The first-order chi connectivity index (χ1) is 13.3. The summed E-state index contributed by atoms with van der Waals surface area (Å²) in [5.74, 6) is 6.59. The minimum Gasteiger partial charge on any atom is -0.486 e. The van der Waals surface area contributed by atoms with Gasteiger partial charge >= 0.3 is 6.09 Å². The summed E-state index contributed by atoms with van der Waals surface area (Å²) in [4.78, 5) is 22.2. The highest BCUT2D eigenvalue weighted by Crippen LogP contribution is 2.22. The van der Waals surface area contributed by atoms with E-state index in [1.54, 1.807) is 41.7 Å². The van der Waals surface area contributed by atoms with E-state index >= 15 is 0 Å². The van der Waals surface area contributed by atoms with Gasteiger partial charge in [0.15, 0.2) is 5.75 Å². The van der Waals surface area contributed by atoms with Gasteiger partial charge in [-0.2, -0.15) is 0 Å². The summed E-state index contributed by atoms with van der Waals surface area (Å²) < 4.78 is 11.5. The molecule has 3 rings (SSSR count). The van der Waals surface area contributed by atoms with Crippen molar-refractivity contribution in [2.75, 3.05) is 18.8 Å². The Labute approximate surface area is 164 Å². The van der Waals surface area contributed by atoms with Gasteiger partial charge in [-0.25, -0.2) is 9.78 Å². The normalized spacial score (nSPS) is 16.2. The van der Waals surface area contributed by atoms with Crippen molar-refractivity contribution in [3.63, 3.8) is 0 Å². The zero-order valence-corrected chi connectivity index (χ0v) is 16.3. The third kappa shape index (κ3) is 5.13. The first-order valence-corrected chi connectivity index (χ1v) is 9.13. The predicted molar refractivity (Wildman–Crippen MR) is 106 cm³/mol. The van der Waals surface area contributed by atoms with Gasteiger partial charge in [0, 0.05) is 25.4 Å². The van der Waals surface area contributed by atoms with Gasteiger partial charge in [0.05, 0.1) is 24.0 Å². The van der Waals surface area contributed by atoms with E-state index in [2.05, 4.69) is 21.8 Å². The summed E-state index contributed by atoms with van der Waals surface area (Å²) in [6, 6.07) is 5.30. The Morgan fingerprint density at radius 1 is 1.29 bits per heavy atom. The van der Waals surface area contributed by atoms with Crippen LogP contribution in [0, 0.1) is 11.8 Å². The molecule has 0 bridgehead atoms. The molecule has 2 N–H and O–H groups in total. The highest BCUT2D eigenvalue weighted by atomic mass is 16.6. The van der Waals surface area contributed by atoms with Gasteiger partial charge in [-0.3, -0.25) is 4.98 Å². The number of nitrogens with two attached hydrogens (primary N) is 1. The lowest BCUT2D eigenvalue weighted by atomic mass is 10.2. The molecule has 2 aromatic heterocycles.